The van der Waals surface area contributed by atoms with Gasteiger partial charge in [0.2, 0.25) is 5.88 Å². The predicted molar refractivity (Wildman–Crippen MR) is 77.7 cm³/mol. The number of fused-ring (bicyclic) bond motifs is 1. The van der Waals surface area contributed by atoms with Crippen molar-refractivity contribution < 1.29 is 9.47 Å². The van der Waals surface area contributed by atoms with Crippen LogP contribution >= 0.6 is 0 Å². The molecule has 2 aliphatic rings. The molecule has 1 saturated heterocycles. The molecule has 0 spiro atoms. The molecule has 1 aromatic rings. The molecule has 1 aliphatic carbocycles. The van der Waals surface area contributed by atoms with Gasteiger partial charge in [-0.2, -0.15) is 0 Å². The Morgan fingerprint density at radius 1 is 1.50 bits per heavy atom. The summed E-state index contributed by atoms with van der Waals surface area (Å²) in [6.07, 6.45) is 4.65. The van der Waals surface area contributed by atoms with Gasteiger partial charge < -0.3 is 14.8 Å². The third-order valence-corrected chi connectivity index (χ3v) is 4.89. The van der Waals surface area contributed by atoms with E-state index in [1.807, 2.05) is 6.07 Å². The maximum Gasteiger partial charge on any atom is 0.217 e. The number of nitrogens with zero attached hydrogens (tertiary/aromatic N) is 1. The molecule has 2 fully saturated rings. The Bertz CT molecular complexity index is 475. The van der Waals surface area contributed by atoms with Crippen molar-refractivity contribution in [2.45, 2.75) is 45.4 Å². The molecule has 1 aliphatic heterocycles. The maximum absolute atomic E-state index is 5.94. The van der Waals surface area contributed by atoms with Crippen LogP contribution < -0.4 is 10.1 Å². The smallest absolute Gasteiger partial charge is 0.217 e. The van der Waals surface area contributed by atoms with Crippen molar-refractivity contribution in [2.75, 3.05) is 13.7 Å². The normalized spacial score (nSPS) is 31.2. The Balaban J connectivity index is 1.66. The van der Waals surface area contributed by atoms with Crippen LogP contribution in [0.25, 0.3) is 0 Å². The van der Waals surface area contributed by atoms with Gasteiger partial charge in [-0.15, -0.1) is 0 Å². The second-order valence-corrected chi connectivity index (χ2v) is 6.45. The number of hydrogen-bond acceptors (Lipinski definition) is 4. The van der Waals surface area contributed by atoms with E-state index in [2.05, 4.69) is 30.2 Å². The lowest BCUT2D eigenvalue weighted by molar-refractivity contribution is -0.193. The van der Waals surface area contributed by atoms with Gasteiger partial charge in [0.1, 0.15) is 0 Å². The van der Waals surface area contributed by atoms with Gasteiger partial charge in [-0.1, -0.05) is 19.9 Å². The van der Waals surface area contributed by atoms with E-state index in [4.69, 9.17) is 9.47 Å². The second-order valence-electron chi connectivity index (χ2n) is 6.45. The van der Waals surface area contributed by atoms with Crippen LogP contribution in [0.5, 0.6) is 5.88 Å². The fraction of sp³-hybridized carbons (Fsp3) is 0.688. The molecule has 4 nitrogen and oxygen atoms in total. The lowest BCUT2D eigenvalue weighted by Crippen LogP contribution is -2.69. The fourth-order valence-corrected chi connectivity index (χ4v) is 3.90. The van der Waals surface area contributed by atoms with Crippen molar-refractivity contribution in [3.63, 3.8) is 0 Å². The van der Waals surface area contributed by atoms with Crippen LogP contribution in [0.15, 0.2) is 18.3 Å². The van der Waals surface area contributed by atoms with Crippen LogP contribution in [0.3, 0.4) is 0 Å². The lowest BCUT2D eigenvalue weighted by atomic mass is 9.55. The van der Waals surface area contributed by atoms with Crippen LogP contribution in [-0.2, 0) is 11.3 Å². The van der Waals surface area contributed by atoms with Gasteiger partial charge in [0.05, 0.1) is 13.2 Å². The standard InChI is InChI=1S/C16H24N2O2/c1-16(2)13(12-7-5-9-20-14(12)16)18-10-11-6-4-8-17-15(11)19-3/h4,6,8,12-14,18H,5,7,9-10H2,1-3H3. The van der Waals surface area contributed by atoms with Crippen LogP contribution in [-0.4, -0.2) is 30.8 Å². The number of hydrogen-bond donors (Lipinski definition) is 1. The first-order chi connectivity index (χ1) is 9.64. The quantitative estimate of drug-likeness (QED) is 0.917. The average Bonchev–Trinajstić information content (AvgIpc) is 2.47. The highest BCUT2D eigenvalue weighted by Crippen LogP contribution is 2.51. The minimum Gasteiger partial charge on any atom is -0.481 e. The molecule has 3 rings (SSSR count). The fourth-order valence-electron chi connectivity index (χ4n) is 3.90. The molecular weight excluding hydrogens is 252 g/mol. The van der Waals surface area contributed by atoms with Crippen LogP contribution in [0.4, 0.5) is 0 Å². The summed E-state index contributed by atoms with van der Waals surface area (Å²) in [5, 5.41) is 3.70. The van der Waals surface area contributed by atoms with Crippen molar-refractivity contribution in [3.8, 4) is 5.88 Å². The zero-order valence-electron chi connectivity index (χ0n) is 12.6. The molecule has 20 heavy (non-hydrogen) atoms. The Hall–Kier alpha value is -1.13. The van der Waals surface area contributed by atoms with Gasteiger partial charge in [-0.25, -0.2) is 4.98 Å². The molecule has 0 aromatic carbocycles. The first kappa shape index (κ1) is 13.8. The van der Waals surface area contributed by atoms with E-state index in [0.29, 0.717) is 23.9 Å². The van der Waals surface area contributed by atoms with Crippen LogP contribution in [0, 0.1) is 11.3 Å². The molecule has 110 valence electrons. The number of aromatic nitrogens is 1. The summed E-state index contributed by atoms with van der Waals surface area (Å²) in [4.78, 5) is 4.25. The summed E-state index contributed by atoms with van der Waals surface area (Å²) in [6.45, 7) is 6.33. The van der Waals surface area contributed by atoms with E-state index in [0.717, 1.165) is 18.7 Å². The van der Waals surface area contributed by atoms with Gasteiger partial charge >= 0.3 is 0 Å². The first-order valence-corrected chi connectivity index (χ1v) is 7.47. The molecule has 0 amide bonds. The van der Waals surface area contributed by atoms with E-state index in [1.165, 1.54) is 12.8 Å². The monoisotopic (exact) mass is 276 g/mol. The summed E-state index contributed by atoms with van der Waals surface area (Å²) in [5.74, 6) is 1.37. The SMILES string of the molecule is COc1ncccc1CNC1C2CCCOC2C1(C)C. The Labute approximate surface area is 120 Å². The van der Waals surface area contributed by atoms with Crippen molar-refractivity contribution >= 4 is 0 Å². The Kier molecular flexibility index (Phi) is 3.69. The molecule has 1 N–H and O–H groups in total. The molecule has 3 atom stereocenters. The first-order valence-electron chi connectivity index (χ1n) is 7.47. The largest absolute Gasteiger partial charge is 0.481 e. The predicted octanol–water partition coefficient (Wildman–Crippen LogP) is 2.38. The molecule has 1 aromatic heterocycles. The van der Waals surface area contributed by atoms with Crippen LogP contribution in [0.2, 0.25) is 0 Å². The van der Waals surface area contributed by atoms with E-state index in [9.17, 15) is 0 Å². The molecule has 0 bridgehead atoms. The number of rotatable bonds is 4. The second kappa shape index (κ2) is 5.34. The maximum atomic E-state index is 5.94. The van der Waals surface area contributed by atoms with Gasteiger partial charge in [0.25, 0.3) is 0 Å². The van der Waals surface area contributed by atoms with Gasteiger partial charge in [-0.3, -0.25) is 0 Å². The zero-order chi connectivity index (χ0) is 14.2. The molecule has 1 saturated carbocycles. The third-order valence-electron chi connectivity index (χ3n) is 4.89. The van der Waals surface area contributed by atoms with E-state index in [1.54, 1.807) is 13.3 Å². The van der Waals surface area contributed by atoms with Crippen LogP contribution in [0.1, 0.15) is 32.3 Å². The highest BCUT2D eigenvalue weighted by molar-refractivity contribution is 5.25. The van der Waals surface area contributed by atoms with Gasteiger partial charge in [0.15, 0.2) is 0 Å². The third kappa shape index (κ3) is 2.21. The molecule has 2 heterocycles. The van der Waals surface area contributed by atoms with Crippen molar-refractivity contribution in [2.24, 2.45) is 11.3 Å². The summed E-state index contributed by atoms with van der Waals surface area (Å²) in [5.41, 5.74) is 1.33. The number of ether oxygens (including phenoxy) is 2. The van der Waals surface area contributed by atoms with Gasteiger partial charge in [-0.05, 0) is 18.9 Å². The summed E-state index contributed by atoms with van der Waals surface area (Å²) in [7, 11) is 1.67. The van der Waals surface area contributed by atoms with Crippen molar-refractivity contribution in [1.82, 2.24) is 10.3 Å². The lowest BCUT2D eigenvalue weighted by Gasteiger charge is -2.60. The van der Waals surface area contributed by atoms with Crippen molar-refractivity contribution in [3.05, 3.63) is 23.9 Å². The summed E-state index contributed by atoms with van der Waals surface area (Å²) < 4.78 is 11.3. The van der Waals surface area contributed by atoms with E-state index < -0.39 is 0 Å². The van der Waals surface area contributed by atoms with Crippen molar-refractivity contribution in [1.29, 1.82) is 0 Å². The zero-order valence-corrected chi connectivity index (χ0v) is 12.6. The molecule has 3 unspecified atom stereocenters. The Morgan fingerprint density at radius 2 is 2.35 bits per heavy atom. The van der Waals surface area contributed by atoms with E-state index >= 15 is 0 Å². The van der Waals surface area contributed by atoms with Gasteiger partial charge in [0, 0.05) is 42.3 Å². The number of nitrogens with one attached hydrogen (secondary N) is 1. The Morgan fingerprint density at radius 3 is 3.15 bits per heavy atom. The molecular formula is C16H24N2O2. The number of methoxy groups -OCH3 is 1. The molecule has 0 radical (unpaired) electrons. The molecule has 4 heteroatoms. The summed E-state index contributed by atoms with van der Waals surface area (Å²) in [6, 6.07) is 4.54. The van der Waals surface area contributed by atoms with E-state index in [-0.39, 0.29) is 5.41 Å². The number of pyridine rings is 1. The minimum absolute atomic E-state index is 0.209. The highest BCUT2D eigenvalue weighted by atomic mass is 16.5. The average molecular weight is 276 g/mol. The topological polar surface area (TPSA) is 43.4 Å². The highest BCUT2D eigenvalue weighted by Gasteiger charge is 2.57. The minimum atomic E-state index is 0.209. The summed E-state index contributed by atoms with van der Waals surface area (Å²) >= 11 is 0.